The Morgan fingerprint density at radius 2 is 1.73 bits per heavy atom. The van der Waals surface area contributed by atoms with Crippen LogP contribution in [0.15, 0.2) is 24.3 Å². The van der Waals surface area contributed by atoms with Crippen LogP contribution in [0.1, 0.15) is 44.1 Å². The lowest BCUT2D eigenvalue weighted by Gasteiger charge is -2.27. The molecule has 1 aliphatic rings. The summed E-state index contributed by atoms with van der Waals surface area (Å²) in [5, 5.41) is 13.6. The molecule has 22 heavy (non-hydrogen) atoms. The zero-order valence-electron chi connectivity index (χ0n) is 12.5. The van der Waals surface area contributed by atoms with Crippen molar-refractivity contribution in [2.45, 2.75) is 57.0 Å². The van der Waals surface area contributed by atoms with Crippen molar-refractivity contribution in [1.82, 2.24) is 5.32 Å². The Bertz CT molecular complexity index is 469. The summed E-state index contributed by atoms with van der Waals surface area (Å²) in [4.78, 5) is 0. The average Bonchev–Trinajstić information content (AvgIpc) is 2.64. The van der Waals surface area contributed by atoms with Crippen molar-refractivity contribution >= 4 is 0 Å². The Labute approximate surface area is 128 Å². The van der Waals surface area contributed by atoms with Crippen molar-refractivity contribution < 1.29 is 23.0 Å². The molecule has 0 saturated heterocycles. The molecule has 0 bridgehead atoms. The van der Waals surface area contributed by atoms with Gasteiger partial charge in [0.1, 0.15) is 5.75 Å². The van der Waals surface area contributed by atoms with E-state index in [4.69, 9.17) is 0 Å². The largest absolute Gasteiger partial charge is 0.573 e. The van der Waals surface area contributed by atoms with Crippen LogP contribution in [0.25, 0.3) is 0 Å². The summed E-state index contributed by atoms with van der Waals surface area (Å²) < 4.78 is 41.1. The number of nitrogens with one attached hydrogen (secondary N) is 1. The second kappa shape index (κ2) is 7.33. The van der Waals surface area contributed by atoms with E-state index in [1.807, 2.05) is 0 Å². The van der Waals surface area contributed by atoms with Gasteiger partial charge in [0.05, 0.1) is 5.60 Å². The predicted molar refractivity (Wildman–Crippen MR) is 77.5 cm³/mol. The highest BCUT2D eigenvalue weighted by Crippen LogP contribution is 2.28. The number of aliphatic hydroxyl groups is 1. The minimum Gasteiger partial charge on any atom is -0.405 e. The number of hydrogen-bond acceptors (Lipinski definition) is 3. The highest BCUT2D eigenvalue weighted by atomic mass is 19.4. The van der Waals surface area contributed by atoms with Crippen molar-refractivity contribution in [2.75, 3.05) is 6.54 Å². The summed E-state index contributed by atoms with van der Waals surface area (Å²) in [6.45, 7) is 0.613. The zero-order valence-corrected chi connectivity index (χ0v) is 12.5. The molecule has 1 aliphatic carbocycles. The molecule has 0 atom stereocenters. The van der Waals surface area contributed by atoms with E-state index in [1.165, 1.54) is 12.1 Å². The van der Waals surface area contributed by atoms with Gasteiger partial charge in [-0.15, -0.1) is 13.2 Å². The Hall–Kier alpha value is -1.27. The number of para-hydroxylation sites is 1. The molecule has 0 unspecified atom stereocenters. The van der Waals surface area contributed by atoms with Crippen LogP contribution >= 0.6 is 0 Å². The van der Waals surface area contributed by atoms with E-state index >= 15 is 0 Å². The molecule has 124 valence electrons. The summed E-state index contributed by atoms with van der Waals surface area (Å²) in [7, 11) is 0. The van der Waals surface area contributed by atoms with E-state index in [2.05, 4.69) is 10.1 Å². The lowest BCUT2D eigenvalue weighted by molar-refractivity contribution is -0.274. The molecule has 1 saturated carbocycles. The Morgan fingerprint density at radius 1 is 1.09 bits per heavy atom. The first-order chi connectivity index (χ1) is 10.4. The van der Waals surface area contributed by atoms with Gasteiger partial charge in [-0.25, -0.2) is 0 Å². The number of benzene rings is 1. The van der Waals surface area contributed by atoms with Crippen LogP contribution < -0.4 is 10.1 Å². The van der Waals surface area contributed by atoms with Crippen molar-refractivity contribution in [1.29, 1.82) is 0 Å². The smallest absolute Gasteiger partial charge is 0.405 e. The molecular weight excluding hydrogens is 295 g/mol. The number of alkyl halides is 3. The second-order valence-corrected chi connectivity index (χ2v) is 5.90. The molecule has 0 aliphatic heterocycles. The van der Waals surface area contributed by atoms with Crippen molar-refractivity contribution in [3.63, 3.8) is 0 Å². The van der Waals surface area contributed by atoms with Gasteiger partial charge in [0, 0.05) is 18.7 Å². The van der Waals surface area contributed by atoms with Crippen LogP contribution in [0.5, 0.6) is 5.75 Å². The standard InChI is InChI=1S/C16H22F3NO2/c17-16(18,19)22-14-8-4-3-7-13(14)11-20-12-15(21)9-5-1-2-6-10-15/h3-4,7-8,20-21H,1-2,5-6,9-12H2. The van der Waals surface area contributed by atoms with Gasteiger partial charge in [-0.1, -0.05) is 43.9 Å². The molecular formula is C16H22F3NO2. The molecule has 1 aromatic carbocycles. The van der Waals surface area contributed by atoms with E-state index in [0.29, 0.717) is 12.1 Å². The first-order valence-electron chi connectivity index (χ1n) is 7.65. The van der Waals surface area contributed by atoms with Crippen LogP contribution in [-0.4, -0.2) is 23.6 Å². The summed E-state index contributed by atoms with van der Waals surface area (Å²) in [5.41, 5.74) is -0.326. The molecule has 0 radical (unpaired) electrons. The van der Waals surface area contributed by atoms with Crippen LogP contribution in [0.2, 0.25) is 0 Å². The van der Waals surface area contributed by atoms with E-state index in [1.54, 1.807) is 12.1 Å². The molecule has 2 N–H and O–H groups in total. The van der Waals surface area contributed by atoms with Gasteiger partial charge in [-0.3, -0.25) is 0 Å². The number of rotatable bonds is 5. The van der Waals surface area contributed by atoms with Gasteiger partial charge in [0.15, 0.2) is 0 Å². The molecule has 0 heterocycles. The summed E-state index contributed by atoms with van der Waals surface area (Å²) in [6.07, 6.45) is 1.02. The minimum atomic E-state index is -4.70. The quantitative estimate of drug-likeness (QED) is 0.813. The van der Waals surface area contributed by atoms with Gasteiger partial charge in [0.25, 0.3) is 0 Å². The second-order valence-electron chi connectivity index (χ2n) is 5.90. The Kier molecular flexibility index (Phi) is 5.69. The maximum Gasteiger partial charge on any atom is 0.573 e. The zero-order chi connectivity index (χ0) is 16.1. The maximum absolute atomic E-state index is 12.4. The molecule has 3 nitrogen and oxygen atoms in total. The fourth-order valence-electron chi connectivity index (χ4n) is 2.87. The minimum absolute atomic E-state index is 0.199. The molecule has 1 fully saturated rings. The number of hydrogen-bond donors (Lipinski definition) is 2. The highest BCUT2D eigenvalue weighted by Gasteiger charge is 2.32. The first kappa shape index (κ1) is 17.1. The molecule has 0 spiro atoms. The summed E-state index contributed by atoms with van der Waals surface area (Å²) in [5.74, 6) is -0.199. The van der Waals surface area contributed by atoms with Gasteiger partial charge >= 0.3 is 6.36 Å². The Morgan fingerprint density at radius 3 is 2.36 bits per heavy atom. The van der Waals surface area contributed by atoms with Gasteiger partial charge in [-0.2, -0.15) is 0 Å². The maximum atomic E-state index is 12.4. The molecule has 0 amide bonds. The van der Waals surface area contributed by atoms with E-state index in [-0.39, 0.29) is 12.3 Å². The lowest BCUT2D eigenvalue weighted by Crippen LogP contribution is -2.40. The number of ether oxygens (including phenoxy) is 1. The van der Waals surface area contributed by atoms with Crippen molar-refractivity contribution in [3.05, 3.63) is 29.8 Å². The average molecular weight is 317 g/mol. The summed E-state index contributed by atoms with van der Waals surface area (Å²) >= 11 is 0. The summed E-state index contributed by atoms with van der Waals surface area (Å²) in [6, 6.07) is 6.06. The SMILES string of the molecule is OC1(CNCc2ccccc2OC(F)(F)F)CCCCCC1. The molecule has 2 rings (SSSR count). The van der Waals surface area contributed by atoms with Crippen molar-refractivity contribution in [2.24, 2.45) is 0 Å². The third kappa shape index (κ3) is 5.50. The lowest BCUT2D eigenvalue weighted by atomic mass is 9.94. The first-order valence-corrected chi connectivity index (χ1v) is 7.65. The number of halogens is 3. The highest BCUT2D eigenvalue weighted by molar-refractivity contribution is 5.33. The van der Waals surface area contributed by atoms with Gasteiger partial charge < -0.3 is 15.2 Å². The monoisotopic (exact) mass is 317 g/mol. The van der Waals surface area contributed by atoms with Crippen LogP contribution in [0.3, 0.4) is 0 Å². The van der Waals surface area contributed by atoms with Crippen LogP contribution in [0, 0.1) is 0 Å². The topological polar surface area (TPSA) is 41.5 Å². The van der Waals surface area contributed by atoms with E-state index in [0.717, 1.165) is 38.5 Å². The predicted octanol–water partition coefficient (Wildman–Crippen LogP) is 3.76. The van der Waals surface area contributed by atoms with Crippen LogP contribution in [0.4, 0.5) is 13.2 Å². The Balaban J connectivity index is 1.91. The fourth-order valence-corrected chi connectivity index (χ4v) is 2.87. The van der Waals surface area contributed by atoms with Crippen molar-refractivity contribution in [3.8, 4) is 5.75 Å². The van der Waals surface area contributed by atoms with Crippen LogP contribution in [-0.2, 0) is 6.54 Å². The fraction of sp³-hybridized carbons (Fsp3) is 0.625. The normalized spacial score (nSPS) is 18.7. The van der Waals surface area contributed by atoms with Gasteiger partial charge in [0.2, 0.25) is 0 Å². The third-order valence-electron chi connectivity index (χ3n) is 4.00. The van der Waals surface area contributed by atoms with E-state index in [9.17, 15) is 18.3 Å². The van der Waals surface area contributed by atoms with Gasteiger partial charge in [-0.05, 0) is 18.9 Å². The third-order valence-corrected chi connectivity index (χ3v) is 4.00. The molecule has 1 aromatic rings. The van der Waals surface area contributed by atoms with E-state index < -0.39 is 12.0 Å². The molecule has 0 aromatic heterocycles. The molecule has 6 heteroatoms.